The largest absolute Gasteiger partial charge is 0.508 e. The highest BCUT2D eigenvalue weighted by atomic mass is 16.3. The molecule has 0 radical (unpaired) electrons. The maximum Gasteiger partial charge on any atom is 0.251 e. The minimum absolute atomic E-state index is 0.0101. The Bertz CT molecular complexity index is 1190. The van der Waals surface area contributed by atoms with E-state index in [0.717, 1.165) is 12.0 Å². The Morgan fingerprint density at radius 3 is 2.50 bits per heavy atom. The lowest BCUT2D eigenvalue weighted by molar-refractivity contribution is 0.0954. The van der Waals surface area contributed by atoms with Gasteiger partial charge in [-0.3, -0.25) is 4.79 Å². The number of β-amino-alcohol motifs (C(OH)–C–C–N with tert-alkyl or cyclic N) is 1. The summed E-state index contributed by atoms with van der Waals surface area (Å²) in [6.45, 7) is 8.90. The average Bonchev–Trinajstić information content (AvgIpc) is 2.85. The highest BCUT2D eigenvalue weighted by molar-refractivity contribution is 5.94. The van der Waals surface area contributed by atoms with E-state index in [9.17, 15) is 20.1 Å². The Morgan fingerprint density at radius 2 is 1.75 bits per heavy atom. The summed E-state index contributed by atoms with van der Waals surface area (Å²) in [5, 5.41) is 36.1. The molecule has 3 rings (SSSR count). The summed E-state index contributed by atoms with van der Waals surface area (Å²) < 4.78 is 0. The molecular formula is C30H38N2O4. The van der Waals surface area contributed by atoms with Gasteiger partial charge in [-0.1, -0.05) is 36.4 Å². The molecule has 0 saturated heterocycles. The van der Waals surface area contributed by atoms with Crippen molar-refractivity contribution in [2.75, 3.05) is 13.1 Å². The molecule has 0 heterocycles. The van der Waals surface area contributed by atoms with Crippen molar-refractivity contribution in [3.05, 3.63) is 99.6 Å². The van der Waals surface area contributed by atoms with Crippen molar-refractivity contribution in [1.29, 1.82) is 0 Å². The Kier molecular flexibility index (Phi) is 9.26. The number of hydrogen-bond acceptors (Lipinski definition) is 5. The standard InChI is InChI=1S/C30H38N2O4/c1-20-7-5-9-23(21(20)2)13-14-31-29(36)25-10-6-8-22(15-25)17-30(3,4)32-18-28(35)24-11-12-27(34)26(16-24)19-33/h5-12,15-16,28,32-35H,13-14,17-19H2,1-4H3,(H,31,36)/t28-/m1/s1. The molecule has 0 saturated carbocycles. The number of aliphatic hydroxyl groups is 2. The topological polar surface area (TPSA) is 102 Å². The predicted molar refractivity (Wildman–Crippen MR) is 143 cm³/mol. The van der Waals surface area contributed by atoms with Crippen LogP contribution in [-0.2, 0) is 19.4 Å². The molecule has 0 aliphatic rings. The van der Waals surface area contributed by atoms with Gasteiger partial charge >= 0.3 is 0 Å². The van der Waals surface area contributed by atoms with E-state index in [0.29, 0.717) is 36.2 Å². The predicted octanol–water partition coefficient (Wildman–Crippen LogP) is 4.12. The van der Waals surface area contributed by atoms with Gasteiger partial charge < -0.3 is 26.0 Å². The van der Waals surface area contributed by atoms with Crippen LogP contribution in [0.5, 0.6) is 5.75 Å². The van der Waals surface area contributed by atoms with Gasteiger partial charge in [0.2, 0.25) is 0 Å². The van der Waals surface area contributed by atoms with Crippen LogP contribution in [0.2, 0.25) is 0 Å². The second kappa shape index (κ2) is 12.2. The van der Waals surface area contributed by atoms with Crippen LogP contribution in [0, 0.1) is 13.8 Å². The number of phenols is 1. The number of aliphatic hydroxyl groups excluding tert-OH is 2. The van der Waals surface area contributed by atoms with E-state index in [1.165, 1.54) is 22.8 Å². The number of amides is 1. The molecule has 6 nitrogen and oxygen atoms in total. The fraction of sp³-hybridized carbons (Fsp3) is 0.367. The van der Waals surface area contributed by atoms with Crippen LogP contribution >= 0.6 is 0 Å². The third kappa shape index (κ3) is 7.40. The zero-order chi connectivity index (χ0) is 26.3. The van der Waals surface area contributed by atoms with E-state index in [4.69, 9.17) is 0 Å². The van der Waals surface area contributed by atoms with Gasteiger partial charge in [0.25, 0.3) is 5.91 Å². The van der Waals surface area contributed by atoms with E-state index in [-0.39, 0.29) is 23.8 Å². The smallest absolute Gasteiger partial charge is 0.251 e. The zero-order valence-electron chi connectivity index (χ0n) is 21.6. The molecule has 5 N–H and O–H groups in total. The normalized spacial score (nSPS) is 12.4. The minimum Gasteiger partial charge on any atom is -0.508 e. The van der Waals surface area contributed by atoms with E-state index < -0.39 is 6.10 Å². The lowest BCUT2D eigenvalue weighted by atomic mass is 9.93. The quantitative estimate of drug-likeness (QED) is 0.278. The molecule has 6 heteroatoms. The van der Waals surface area contributed by atoms with Crippen molar-refractivity contribution in [2.45, 2.75) is 58.8 Å². The number of aromatic hydroxyl groups is 1. The van der Waals surface area contributed by atoms with Crippen LogP contribution in [0.15, 0.2) is 60.7 Å². The third-order valence-corrected chi connectivity index (χ3v) is 6.66. The monoisotopic (exact) mass is 490 g/mol. The highest BCUT2D eigenvalue weighted by Gasteiger charge is 2.21. The molecule has 3 aromatic rings. The van der Waals surface area contributed by atoms with Crippen LogP contribution in [0.25, 0.3) is 0 Å². The summed E-state index contributed by atoms with van der Waals surface area (Å²) in [7, 11) is 0. The molecule has 0 fully saturated rings. The van der Waals surface area contributed by atoms with Crippen molar-refractivity contribution >= 4 is 5.91 Å². The first kappa shape index (κ1) is 27.4. The van der Waals surface area contributed by atoms with Crippen LogP contribution in [0.4, 0.5) is 0 Å². The second-order valence-corrected chi connectivity index (χ2v) is 10.1. The number of carbonyl (C=O) groups is 1. The van der Waals surface area contributed by atoms with Gasteiger partial charge in [0, 0.05) is 29.8 Å². The summed E-state index contributed by atoms with van der Waals surface area (Å²) in [6.07, 6.45) is 0.671. The molecule has 0 spiro atoms. The lowest BCUT2D eigenvalue weighted by Crippen LogP contribution is -2.43. The van der Waals surface area contributed by atoms with Crippen molar-refractivity contribution in [3.8, 4) is 5.75 Å². The van der Waals surface area contributed by atoms with Gasteiger partial charge in [0.05, 0.1) is 12.7 Å². The first-order valence-corrected chi connectivity index (χ1v) is 12.4. The first-order chi connectivity index (χ1) is 17.1. The van der Waals surface area contributed by atoms with Gasteiger partial charge in [0.15, 0.2) is 0 Å². The summed E-state index contributed by atoms with van der Waals surface area (Å²) in [5.41, 5.74) is 6.10. The molecule has 3 aromatic carbocycles. The minimum atomic E-state index is -0.788. The fourth-order valence-corrected chi connectivity index (χ4v) is 4.32. The van der Waals surface area contributed by atoms with Crippen LogP contribution in [-0.4, -0.2) is 39.9 Å². The second-order valence-electron chi connectivity index (χ2n) is 10.1. The highest BCUT2D eigenvalue weighted by Crippen LogP contribution is 2.23. The molecule has 36 heavy (non-hydrogen) atoms. The van der Waals surface area contributed by atoms with Crippen LogP contribution in [0.3, 0.4) is 0 Å². The molecule has 1 atom stereocenters. The van der Waals surface area contributed by atoms with Gasteiger partial charge in [0.1, 0.15) is 5.75 Å². The maximum absolute atomic E-state index is 12.8. The van der Waals surface area contributed by atoms with Crippen molar-refractivity contribution in [2.24, 2.45) is 0 Å². The molecule has 0 aromatic heterocycles. The zero-order valence-corrected chi connectivity index (χ0v) is 21.6. The SMILES string of the molecule is Cc1cccc(CCNC(=O)c2cccc(CC(C)(C)NC[C@@H](O)c3ccc(O)c(CO)c3)c2)c1C. The number of rotatable bonds is 11. The Hall–Kier alpha value is -3.19. The summed E-state index contributed by atoms with van der Waals surface area (Å²) in [5.74, 6) is -0.0775. The van der Waals surface area contributed by atoms with Crippen molar-refractivity contribution in [3.63, 3.8) is 0 Å². The summed E-state index contributed by atoms with van der Waals surface area (Å²) in [4.78, 5) is 12.8. The third-order valence-electron chi connectivity index (χ3n) is 6.66. The number of carbonyl (C=O) groups excluding carboxylic acids is 1. The van der Waals surface area contributed by atoms with E-state index in [1.807, 2.05) is 38.1 Å². The van der Waals surface area contributed by atoms with Gasteiger partial charge in [-0.05, 0) is 92.6 Å². The van der Waals surface area contributed by atoms with Crippen LogP contribution < -0.4 is 10.6 Å². The van der Waals surface area contributed by atoms with Gasteiger partial charge in [-0.15, -0.1) is 0 Å². The average molecular weight is 491 g/mol. The lowest BCUT2D eigenvalue weighted by Gasteiger charge is -2.28. The van der Waals surface area contributed by atoms with E-state index >= 15 is 0 Å². The summed E-state index contributed by atoms with van der Waals surface area (Å²) in [6, 6.07) is 18.6. The van der Waals surface area contributed by atoms with E-state index in [1.54, 1.807) is 12.1 Å². The first-order valence-electron chi connectivity index (χ1n) is 12.4. The van der Waals surface area contributed by atoms with Crippen LogP contribution in [0.1, 0.15) is 63.7 Å². The molecule has 1 amide bonds. The summed E-state index contributed by atoms with van der Waals surface area (Å²) >= 11 is 0. The Balaban J connectivity index is 1.55. The van der Waals surface area contributed by atoms with Crippen molar-refractivity contribution < 1.29 is 20.1 Å². The molecular weight excluding hydrogens is 452 g/mol. The van der Waals surface area contributed by atoms with Crippen molar-refractivity contribution in [1.82, 2.24) is 10.6 Å². The molecule has 0 unspecified atom stereocenters. The fourth-order valence-electron chi connectivity index (χ4n) is 4.32. The molecule has 0 aliphatic carbocycles. The maximum atomic E-state index is 12.8. The number of benzene rings is 3. The molecule has 0 aliphatic heterocycles. The Morgan fingerprint density at radius 1 is 1.00 bits per heavy atom. The number of nitrogens with one attached hydrogen (secondary N) is 2. The Labute approximate surface area is 214 Å². The number of aryl methyl sites for hydroxylation is 1. The van der Waals surface area contributed by atoms with Gasteiger partial charge in [-0.2, -0.15) is 0 Å². The molecule has 0 bridgehead atoms. The van der Waals surface area contributed by atoms with Gasteiger partial charge in [-0.25, -0.2) is 0 Å². The van der Waals surface area contributed by atoms with E-state index in [2.05, 4.69) is 42.7 Å². The number of hydrogen-bond donors (Lipinski definition) is 5. The molecule has 192 valence electrons.